The number of nitrogens with one attached hydrogen (secondary N) is 2. The molecule has 352 valence electrons. The molecule has 0 radical (unpaired) electrons. The predicted octanol–water partition coefficient (Wildman–Crippen LogP) is 13.3. The topological polar surface area (TPSA) is 158 Å². The van der Waals surface area contributed by atoms with Crippen molar-refractivity contribution in [3.8, 4) is 11.5 Å². The first-order chi connectivity index (χ1) is 29.6. The molecule has 3 aliphatic rings. The van der Waals surface area contributed by atoms with Gasteiger partial charge in [-0.15, -0.1) is 10.5 Å². The summed E-state index contributed by atoms with van der Waals surface area (Å²) in [7, 11) is -7.76. The predicted molar refractivity (Wildman–Crippen MR) is 238 cm³/mol. The van der Waals surface area contributed by atoms with Gasteiger partial charge < -0.3 is 29.7 Å². The van der Waals surface area contributed by atoms with Crippen LogP contribution < -0.4 is 20.0 Å². The zero-order chi connectivity index (χ0) is 44.9. The summed E-state index contributed by atoms with van der Waals surface area (Å²) in [6.07, 6.45) is 23.1. The van der Waals surface area contributed by atoms with Crippen LogP contribution in [0.1, 0.15) is 165 Å². The third-order valence-electron chi connectivity index (χ3n) is 14.2. The fourth-order valence-corrected chi connectivity index (χ4v) is 13.0. The Kier molecular flexibility index (Phi) is 20.5. The van der Waals surface area contributed by atoms with E-state index in [4.69, 9.17) is 31.5 Å². The molecule has 0 saturated heterocycles. The molecule has 0 amide bonds. The third-order valence-corrected chi connectivity index (χ3v) is 17.4. The van der Waals surface area contributed by atoms with Crippen molar-refractivity contribution in [1.82, 2.24) is 10.5 Å². The van der Waals surface area contributed by atoms with Crippen molar-refractivity contribution in [3.63, 3.8) is 0 Å². The highest BCUT2D eigenvalue weighted by molar-refractivity contribution is 7.55. The van der Waals surface area contributed by atoms with E-state index in [1.165, 1.54) is 93.6 Å². The minimum atomic E-state index is -3.91. The second-order valence-electron chi connectivity index (χ2n) is 19.2. The van der Waals surface area contributed by atoms with E-state index in [9.17, 15) is 23.3 Å². The Balaban J connectivity index is 0.887. The van der Waals surface area contributed by atoms with Crippen LogP contribution in [0.3, 0.4) is 0 Å². The Labute approximate surface area is 372 Å². The number of hydrogen-bond donors (Lipinski definition) is 6. The molecule has 62 heavy (non-hydrogen) atoms. The van der Waals surface area contributed by atoms with Crippen LogP contribution in [-0.2, 0) is 9.13 Å². The molecule has 16 heteroatoms. The van der Waals surface area contributed by atoms with Gasteiger partial charge in [0.2, 0.25) is 5.82 Å². The van der Waals surface area contributed by atoms with Crippen molar-refractivity contribution in [1.29, 1.82) is 0 Å². The number of unbranched alkanes of at least 4 members (excludes halogenated alkanes) is 5. The second kappa shape index (κ2) is 24.7. The van der Waals surface area contributed by atoms with Crippen LogP contribution in [0.5, 0.6) is 11.5 Å². The summed E-state index contributed by atoms with van der Waals surface area (Å²) in [5.41, 5.74) is 1.24. The van der Waals surface area contributed by atoms with E-state index in [-0.39, 0.29) is 59.8 Å². The maximum Gasteiger partial charge on any atom is 0.289 e. The Morgan fingerprint density at radius 1 is 0.597 bits per heavy atom. The van der Waals surface area contributed by atoms with Gasteiger partial charge in [0, 0.05) is 24.2 Å². The maximum atomic E-state index is 15.2. The lowest BCUT2D eigenvalue weighted by Gasteiger charge is -2.38. The molecule has 0 bridgehead atoms. The van der Waals surface area contributed by atoms with Crippen LogP contribution in [0.25, 0.3) is 0 Å². The van der Waals surface area contributed by atoms with E-state index in [1.807, 2.05) is 6.07 Å². The molecule has 5 rings (SSSR count). The molecule has 6 N–H and O–H groups in total. The van der Waals surface area contributed by atoms with Crippen LogP contribution in [0.15, 0.2) is 24.3 Å². The number of ether oxygens (including phenoxy) is 2. The summed E-state index contributed by atoms with van der Waals surface area (Å²) in [6.45, 7) is 3.25. The minimum absolute atomic E-state index is 0.00809. The molecular weight excluding hydrogens is 863 g/mol. The van der Waals surface area contributed by atoms with Crippen LogP contribution in [0.2, 0.25) is 5.02 Å². The standard InChI is InChI=1S/C46H72ClF3N2O8P2/c1-31(29-61(55,56)51-53)27-59-41-25-23-39(43(47)45(41)49)37-17-13-34(14-18-37)10-8-6-4-3-5-7-9-33-11-15-35(16-12-33)36-19-21-38(22-20-36)40-24-26-42(46(50)44(40)48)60-28-32(2)30-62(57,58)52-54/h23-26,31-38,53-54H,3-22,27-30H2,1-2H3,(H2,51,55,56)(H2,52,57,58)/t31-,32-,33?,34?,35?,36?,37?,38?/m1/s1. The van der Waals surface area contributed by atoms with Gasteiger partial charge in [0.1, 0.15) is 0 Å². The van der Waals surface area contributed by atoms with Gasteiger partial charge in [-0.05, 0) is 123 Å². The van der Waals surface area contributed by atoms with Crippen molar-refractivity contribution in [2.24, 2.45) is 35.5 Å². The monoisotopic (exact) mass is 934 g/mol. The van der Waals surface area contributed by atoms with Crippen LogP contribution in [0.4, 0.5) is 13.2 Å². The molecule has 3 saturated carbocycles. The molecule has 0 heterocycles. The highest BCUT2D eigenvalue weighted by Gasteiger charge is 2.33. The molecule has 2 aromatic rings. The number of benzene rings is 2. The van der Waals surface area contributed by atoms with Crippen molar-refractivity contribution in [3.05, 3.63) is 57.9 Å². The number of hydrogen-bond acceptors (Lipinski definition) is 6. The third kappa shape index (κ3) is 15.5. The van der Waals surface area contributed by atoms with E-state index < -0.39 is 38.4 Å². The molecule has 3 fully saturated rings. The van der Waals surface area contributed by atoms with E-state index in [1.54, 1.807) is 26.0 Å². The first-order valence-electron chi connectivity index (χ1n) is 23.3. The molecule has 0 aromatic heterocycles. The van der Waals surface area contributed by atoms with Crippen molar-refractivity contribution < 1.29 is 52.0 Å². The summed E-state index contributed by atoms with van der Waals surface area (Å²) in [6, 6.07) is 6.54. The quantitative estimate of drug-likeness (QED) is 0.0340. The Morgan fingerprint density at radius 3 is 1.47 bits per heavy atom. The molecular formula is C46H72ClF3N2O8P2. The maximum absolute atomic E-state index is 15.2. The fraction of sp³-hybridized carbons (Fsp3) is 0.739. The number of rotatable bonds is 24. The molecule has 3 aliphatic carbocycles. The van der Waals surface area contributed by atoms with Crippen LogP contribution in [0, 0.1) is 53.0 Å². The van der Waals surface area contributed by atoms with Gasteiger partial charge in [0.15, 0.2) is 23.1 Å². The fourth-order valence-electron chi connectivity index (χ4n) is 10.6. The smallest absolute Gasteiger partial charge is 0.289 e. The zero-order valence-electron chi connectivity index (χ0n) is 36.7. The van der Waals surface area contributed by atoms with Gasteiger partial charge >= 0.3 is 0 Å². The Bertz CT molecular complexity index is 1790. The van der Waals surface area contributed by atoms with E-state index in [0.29, 0.717) is 17.4 Å². The van der Waals surface area contributed by atoms with E-state index >= 15 is 8.78 Å². The largest absolute Gasteiger partial charge is 0.490 e. The van der Waals surface area contributed by atoms with Gasteiger partial charge in [-0.1, -0.05) is 102 Å². The Morgan fingerprint density at radius 2 is 0.984 bits per heavy atom. The second-order valence-corrected chi connectivity index (χ2v) is 23.5. The minimum Gasteiger partial charge on any atom is -0.490 e. The van der Waals surface area contributed by atoms with Crippen molar-refractivity contribution in [2.75, 3.05) is 25.5 Å². The Hall–Kier alpha value is -1.66. The van der Waals surface area contributed by atoms with Gasteiger partial charge in [-0.2, -0.15) is 4.39 Å². The lowest BCUT2D eigenvalue weighted by atomic mass is 9.68. The van der Waals surface area contributed by atoms with E-state index in [0.717, 1.165) is 68.8 Å². The van der Waals surface area contributed by atoms with Gasteiger partial charge in [-0.3, -0.25) is 9.13 Å². The summed E-state index contributed by atoms with van der Waals surface area (Å²) in [5.74, 6) is -0.351. The summed E-state index contributed by atoms with van der Waals surface area (Å²) in [5, 5.41) is 20.5. The molecule has 2 unspecified atom stereocenters. The van der Waals surface area contributed by atoms with Crippen molar-refractivity contribution in [2.45, 2.75) is 154 Å². The lowest BCUT2D eigenvalue weighted by molar-refractivity contribution is 0.155. The number of halogens is 4. The molecule has 4 atom stereocenters. The average molecular weight is 935 g/mol. The first kappa shape index (κ1) is 51.3. The van der Waals surface area contributed by atoms with Gasteiger partial charge in [0.25, 0.3) is 15.0 Å². The summed E-state index contributed by atoms with van der Waals surface area (Å²) >= 11 is 6.48. The van der Waals surface area contributed by atoms with Gasteiger partial charge in [-0.25, -0.2) is 8.78 Å². The van der Waals surface area contributed by atoms with Crippen molar-refractivity contribution >= 4 is 26.6 Å². The molecule has 0 spiro atoms. The average Bonchev–Trinajstić information content (AvgIpc) is 3.26. The highest BCUT2D eigenvalue weighted by atomic mass is 35.5. The van der Waals surface area contributed by atoms with E-state index in [2.05, 4.69) is 0 Å². The molecule has 2 aromatic carbocycles. The van der Waals surface area contributed by atoms with Crippen LogP contribution >= 0.6 is 26.6 Å². The molecule has 0 aliphatic heterocycles. The zero-order valence-corrected chi connectivity index (χ0v) is 39.3. The summed E-state index contributed by atoms with van der Waals surface area (Å²) < 4.78 is 79.6. The normalized spacial score (nSPS) is 26.3. The molecule has 10 nitrogen and oxygen atoms in total. The highest BCUT2D eigenvalue weighted by Crippen LogP contribution is 2.47. The summed E-state index contributed by atoms with van der Waals surface area (Å²) in [4.78, 5) is 19.1. The first-order valence-corrected chi connectivity index (χ1v) is 27.3. The SMILES string of the molecule is C[C@H](COc1ccc(C2CCC(C3CCC(CCCCCCCCC4CCC(c5ccc(OC[C@@H](C)CP(=O)(O)NO)c(F)c5Cl)CC4)CC3)CC2)c(F)c1F)CP(=O)(O)NO. The van der Waals surface area contributed by atoms with Crippen LogP contribution in [-0.4, -0.2) is 45.7 Å². The van der Waals surface area contributed by atoms with Gasteiger partial charge in [0.05, 0.1) is 18.2 Å². The lowest BCUT2D eigenvalue weighted by Crippen LogP contribution is -2.25.